The summed E-state index contributed by atoms with van der Waals surface area (Å²) in [5, 5.41) is 14.4. The first-order chi connectivity index (χ1) is 12.2. The van der Waals surface area contributed by atoms with Crippen LogP contribution >= 0.6 is 23.1 Å². The van der Waals surface area contributed by atoms with E-state index in [4.69, 9.17) is 0 Å². The van der Waals surface area contributed by atoms with Gasteiger partial charge in [-0.1, -0.05) is 49.0 Å². The Morgan fingerprint density at radius 3 is 2.80 bits per heavy atom. The number of benzene rings is 1. The number of nitrogens with one attached hydrogen (secondary N) is 1. The number of anilines is 1. The molecule has 1 aromatic carbocycles. The highest BCUT2D eigenvalue weighted by Gasteiger charge is 2.22. The van der Waals surface area contributed by atoms with E-state index in [9.17, 15) is 4.79 Å². The molecule has 8 heteroatoms. The van der Waals surface area contributed by atoms with Crippen molar-refractivity contribution in [2.75, 3.05) is 5.32 Å². The van der Waals surface area contributed by atoms with Crippen LogP contribution in [0.1, 0.15) is 24.7 Å². The average molecular weight is 374 g/mol. The first-order valence-corrected chi connectivity index (χ1v) is 9.72. The molecule has 2 heterocycles. The van der Waals surface area contributed by atoms with Gasteiger partial charge in [0.1, 0.15) is 5.82 Å². The fraction of sp³-hybridized carbons (Fsp3) is 0.294. The van der Waals surface area contributed by atoms with Crippen molar-refractivity contribution in [1.82, 2.24) is 19.7 Å². The Bertz CT molecular complexity index is 817. The molecule has 0 saturated carbocycles. The zero-order valence-corrected chi connectivity index (χ0v) is 15.7. The molecule has 0 radical (unpaired) electrons. The van der Waals surface area contributed by atoms with Crippen LogP contribution in [0.25, 0.3) is 0 Å². The van der Waals surface area contributed by atoms with E-state index in [1.54, 1.807) is 6.20 Å². The number of rotatable bonds is 7. The topological polar surface area (TPSA) is 72.7 Å². The SMILES string of the molecule is CC[C@H](Sc1nnc(Cc2ccccc2)n1C)C(=O)Nc1nccs1. The van der Waals surface area contributed by atoms with E-state index in [0.29, 0.717) is 18.0 Å². The van der Waals surface area contributed by atoms with Gasteiger partial charge in [0.2, 0.25) is 5.91 Å². The summed E-state index contributed by atoms with van der Waals surface area (Å²) in [6.45, 7) is 1.99. The Kier molecular flexibility index (Phi) is 5.83. The molecule has 0 aliphatic carbocycles. The molecule has 1 amide bonds. The van der Waals surface area contributed by atoms with Crippen molar-refractivity contribution in [3.63, 3.8) is 0 Å². The van der Waals surface area contributed by atoms with E-state index in [2.05, 4.69) is 32.6 Å². The molecule has 3 rings (SSSR count). The van der Waals surface area contributed by atoms with E-state index in [-0.39, 0.29) is 11.2 Å². The lowest BCUT2D eigenvalue weighted by molar-refractivity contribution is -0.115. The molecule has 0 saturated heterocycles. The van der Waals surface area contributed by atoms with E-state index in [1.807, 2.05) is 42.1 Å². The molecule has 0 bridgehead atoms. The molecule has 0 unspecified atom stereocenters. The molecule has 1 atom stereocenters. The summed E-state index contributed by atoms with van der Waals surface area (Å²) in [5.74, 6) is 0.818. The molecular weight excluding hydrogens is 354 g/mol. The lowest BCUT2D eigenvalue weighted by Crippen LogP contribution is -2.24. The minimum absolute atomic E-state index is 0.0601. The second-order valence-corrected chi connectivity index (χ2v) is 7.53. The van der Waals surface area contributed by atoms with Crippen LogP contribution in [-0.4, -0.2) is 30.9 Å². The van der Waals surface area contributed by atoms with Crippen LogP contribution in [0.5, 0.6) is 0 Å². The predicted molar refractivity (Wildman–Crippen MR) is 101 cm³/mol. The van der Waals surface area contributed by atoms with Crippen LogP contribution in [0.4, 0.5) is 5.13 Å². The van der Waals surface area contributed by atoms with Crippen molar-refractivity contribution in [2.45, 2.75) is 30.2 Å². The Morgan fingerprint density at radius 2 is 2.12 bits per heavy atom. The molecule has 0 spiro atoms. The first kappa shape index (κ1) is 17.6. The summed E-state index contributed by atoms with van der Waals surface area (Å²) in [6.07, 6.45) is 3.09. The Hall–Kier alpha value is -2.19. The minimum atomic E-state index is -0.239. The van der Waals surface area contributed by atoms with Gasteiger partial charge in [-0.15, -0.1) is 21.5 Å². The number of thiazole rings is 1. The van der Waals surface area contributed by atoms with Gasteiger partial charge in [0.25, 0.3) is 0 Å². The van der Waals surface area contributed by atoms with Crippen LogP contribution in [-0.2, 0) is 18.3 Å². The normalized spacial score (nSPS) is 12.1. The van der Waals surface area contributed by atoms with Gasteiger partial charge in [-0.3, -0.25) is 4.79 Å². The second-order valence-electron chi connectivity index (χ2n) is 5.46. The van der Waals surface area contributed by atoms with E-state index >= 15 is 0 Å². The summed E-state index contributed by atoms with van der Waals surface area (Å²) in [4.78, 5) is 16.5. The third kappa shape index (κ3) is 4.46. The Labute approximate surface area is 154 Å². The summed E-state index contributed by atoms with van der Waals surface area (Å²) in [6, 6.07) is 10.2. The summed E-state index contributed by atoms with van der Waals surface area (Å²) < 4.78 is 1.96. The number of nitrogens with zero attached hydrogens (tertiary/aromatic N) is 4. The van der Waals surface area contributed by atoms with Crippen LogP contribution in [0.15, 0.2) is 47.1 Å². The maximum atomic E-state index is 12.4. The quantitative estimate of drug-likeness (QED) is 0.643. The highest BCUT2D eigenvalue weighted by Crippen LogP contribution is 2.26. The maximum Gasteiger partial charge on any atom is 0.239 e. The summed E-state index contributed by atoms with van der Waals surface area (Å²) >= 11 is 2.84. The standard InChI is InChI=1S/C17H19N5OS2/c1-3-13(15(23)19-16-18-9-10-24-16)25-17-21-20-14(22(17)2)11-12-7-5-4-6-8-12/h4-10,13H,3,11H2,1-2H3,(H,18,19,23)/t13-/m0/s1. The van der Waals surface area contributed by atoms with Crippen LogP contribution in [0.3, 0.4) is 0 Å². The van der Waals surface area contributed by atoms with Crippen molar-refractivity contribution < 1.29 is 4.79 Å². The van der Waals surface area contributed by atoms with Crippen molar-refractivity contribution >= 4 is 34.1 Å². The molecular formula is C17H19N5OS2. The third-order valence-corrected chi connectivity index (χ3v) is 5.79. The fourth-order valence-corrected chi connectivity index (χ4v) is 3.77. The van der Waals surface area contributed by atoms with Gasteiger partial charge in [0.15, 0.2) is 10.3 Å². The number of aromatic nitrogens is 4. The van der Waals surface area contributed by atoms with Gasteiger partial charge in [-0.25, -0.2) is 4.98 Å². The third-order valence-electron chi connectivity index (χ3n) is 3.70. The zero-order valence-electron chi connectivity index (χ0n) is 14.0. The predicted octanol–water partition coefficient (Wildman–Crippen LogP) is 3.37. The lowest BCUT2D eigenvalue weighted by Gasteiger charge is -2.13. The number of hydrogen-bond acceptors (Lipinski definition) is 6. The molecule has 6 nitrogen and oxygen atoms in total. The Balaban J connectivity index is 1.68. The van der Waals surface area contributed by atoms with E-state index in [0.717, 1.165) is 11.0 Å². The van der Waals surface area contributed by atoms with Crippen molar-refractivity contribution in [3.05, 3.63) is 53.3 Å². The van der Waals surface area contributed by atoms with Gasteiger partial charge in [0, 0.05) is 25.0 Å². The van der Waals surface area contributed by atoms with E-state index in [1.165, 1.54) is 28.7 Å². The number of carbonyl (C=O) groups excluding carboxylic acids is 1. The fourth-order valence-electron chi connectivity index (χ4n) is 2.30. The zero-order chi connectivity index (χ0) is 17.6. The van der Waals surface area contributed by atoms with Crippen molar-refractivity contribution in [1.29, 1.82) is 0 Å². The summed E-state index contributed by atoms with van der Waals surface area (Å²) in [5.41, 5.74) is 1.18. The van der Waals surface area contributed by atoms with Gasteiger partial charge in [-0.2, -0.15) is 0 Å². The number of hydrogen-bond donors (Lipinski definition) is 1. The maximum absolute atomic E-state index is 12.4. The largest absolute Gasteiger partial charge is 0.309 e. The highest BCUT2D eigenvalue weighted by atomic mass is 32.2. The Morgan fingerprint density at radius 1 is 1.32 bits per heavy atom. The monoisotopic (exact) mass is 373 g/mol. The highest BCUT2D eigenvalue weighted by molar-refractivity contribution is 8.00. The molecule has 0 fully saturated rings. The van der Waals surface area contributed by atoms with Gasteiger partial charge in [-0.05, 0) is 12.0 Å². The molecule has 0 aliphatic rings. The van der Waals surface area contributed by atoms with Crippen molar-refractivity contribution in [2.24, 2.45) is 7.05 Å². The number of amides is 1. The average Bonchev–Trinajstić information content (AvgIpc) is 3.25. The minimum Gasteiger partial charge on any atom is -0.309 e. The number of carbonyl (C=O) groups is 1. The lowest BCUT2D eigenvalue weighted by atomic mass is 10.1. The smallest absolute Gasteiger partial charge is 0.239 e. The van der Waals surface area contributed by atoms with Crippen LogP contribution in [0.2, 0.25) is 0 Å². The van der Waals surface area contributed by atoms with Crippen LogP contribution < -0.4 is 5.32 Å². The van der Waals surface area contributed by atoms with Crippen LogP contribution in [0, 0.1) is 0 Å². The molecule has 0 aliphatic heterocycles. The molecule has 130 valence electrons. The van der Waals surface area contributed by atoms with E-state index < -0.39 is 0 Å². The van der Waals surface area contributed by atoms with Gasteiger partial charge < -0.3 is 9.88 Å². The number of thioether (sulfide) groups is 1. The summed E-state index contributed by atoms with van der Waals surface area (Å²) in [7, 11) is 1.94. The van der Waals surface area contributed by atoms with Gasteiger partial charge in [0.05, 0.1) is 5.25 Å². The van der Waals surface area contributed by atoms with Gasteiger partial charge >= 0.3 is 0 Å². The molecule has 1 N–H and O–H groups in total. The van der Waals surface area contributed by atoms with Crippen molar-refractivity contribution in [3.8, 4) is 0 Å². The first-order valence-electron chi connectivity index (χ1n) is 7.96. The molecule has 25 heavy (non-hydrogen) atoms. The second kappa shape index (κ2) is 8.26. The molecule has 3 aromatic rings. The molecule has 2 aromatic heterocycles.